The van der Waals surface area contributed by atoms with E-state index in [1.54, 1.807) is 0 Å². The molecule has 2 heterocycles. The molecular weight excluding hydrogens is 629 g/mol. The second-order valence-corrected chi connectivity index (χ2v) is 16.4. The molecule has 0 radical (unpaired) electrons. The fourth-order valence-corrected chi connectivity index (χ4v) is 8.67. The molecule has 0 spiro atoms. The van der Waals surface area contributed by atoms with E-state index >= 15 is 0 Å². The number of H-pyrrole nitrogens is 2. The van der Waals surface area contributed by atoms with Crippen LogP contribution in [0.25, 0.3) is 88.1 Å². The van der Waals surface area contributed by atoms with E-state index < -0.39 is 0 Å². The van der Waals surface area contributed by atoms with Crippen LogP contribution < -0.4 is 0 Å². The minimum Gasteiger partial charge on any atom is -0.354 e. The van der Waals surface area contributed by atoms with E-state index in [9.17, 15) is 0 Å². The van der Waals surface area contributed by atoms with Crippen LogP contribution in [0.4, 0.5) is 0 Å². The zero-order valence-electron chi connectivity index (χ0n) is 30.9. The molecule has 0 aliphatic carbocycles. The SMILES string of the molecule is CC(C)(C)c1c2cc3[nH]c(-c4ccccc4)c(-c4ccccc4)c3cc2c(C(C)(C)C)c2cc3[nH]c(-c4ccccc4)c(-c4ccccc4)c3cc12. The molecule has 7 aromatic carbocycles. The van der Waals surface area contributed by atoms with Crippen molar-refractivity contribution in [3.8, 4) is 44.8 Å². The van der Waals surface area contributed by atoms with Gasteiger partial charge in [-0.3, -0.25) is 0 Å². The predicted octanol–water partition coefficient (Wildman–Crippen LogP) is 14.2. The molecule has 2 N–H and O–H groups in total. The van der Waals surface area contributed by atoms with Gasteiger partial charge in [0.15, 0.2) is 0 Å². The molecule has 0 bridgehead atoms. The summed E-state index contributed by atoms with van der Waals surface area (Å²) in [5.41, 5.74) is 14.5. The molecule has 2 nitrogen and oxygen atoms in total. The lowest BCUT2D eigenvalue weighted by atomic mass is 9.73. The van der Waals surface area contributed by atoms with E-state index in [1.165, 1.54) is 76.8 Å². The maximum atomic E-state index is 3.93. The summed E-state index contributed by atoms with van der Waals surface area (Å²) in [6.45, 7) is 14.2. The third-order valence-electron chi connectivity index (χ3n) is 10.7. The van der Waals surface area contributed by atoms with Crippen LogP contribution in [-0.4, -0.2) is 9.97 Å². The van der Waals surface area contributed by atoms with Crippen LogP contribution in [0.15, 0.2) is 146 Å². The Kier molecular flexibility index (Phi) is 7.31. The summed E-state index contributed by atoms with van der Waals surface area (Å²) in [5.74, 6) is 0. The van der Waals surface area contributed by atoms with E-state index in [0.717, 1.165) is 22.4 Å². The van der Waals surface area contributed by atoms with Crippen molar-refractivity contribution in [2.45, 2.75) is 52.4 Å². The van der Waals surface area contributed by atoms with Crippen molar-refractivity contribution >= 4 is 43.4 Å². The lowest BCUT2D eigenvalue weighted by Gasteiger charge is -2.30. The summed E-state index contributed by atoms with van der Waals surface area (Å²) < 4.78 is 0. The second-order valence-electron chi connectivity index (χ2n) is 16.4. The van der Waals surface area contributed by atoms with E-state index in [0.29, 0.717) is 0 Å². The summed E-state index contributed by atoms with van der Waals surface area (Å²) in [5, 5.41) is 7.79. The van der Waals surface area contributed by atoms with Gasteiger partial charge in [-0.2, -0.15) is 0 Å². The topological polar surface area (TPSA) is 31.6 Å². The molecule has 9 aromatic rings. The number of rotatable bonds is 4. The molecule has 0 saturated heterocycles. The van der Waals surface area contributed by atoms with Crippen molar-refractivity contribution in [1.29, 1.82) is 0 Å². The van der Waals surface area contributed by atoms with Crippen molar-refractivity contribution in [3.63, 3.8) is 0 Å². The average molecular weight is 673 g/mol. The highest BCUT2D eigenvalue weighted by molar-refractivity contribution is 6.18. The Morgan fingerprint density at radius 1 is 0.327 bits per heavy atom. The molecule has 254 valence electrons. The van der Waals surface area contributed by atoms with Crippen LogP contribution in [0.3, 0.4) is 0 Å². The first-order valence-electron chi connectivity index (χ1n) is 18.5. The molecule has 2 heteroatoms. The Hall–Kier alpha value is -5.86. The largest absolute Gasteiger partial charge is 0.354 e. The molecule has 9 rings (SSSR count). The van der Waals surface area contributed by atoms with Gasteiger partial charge in [0.05, 0.1) is 11.4 Å². The van der Waals surface area contributed by atoms with Gasteiger partial charge in [0.25, 0.3) is 0 Å². The first kappa shape index (κ1) is 32.1. The lowest BCUT2D eigenvalue weighted by Crippen LogP contribution is -2.17. The van der Waals surface area contributed by atoms with Gasteiger partial charge in [0.2, 0.25) is 0 Å². The third-order valence-corrected chi connectivity index (χ3v) is 10.7. The summed E-state index contributed by atoms with van der Waals surface area (Å²) >= 11 is 0. The molecule has 0 aliphatic heterocycles. The molecule has 0 amide bonds. The van der Waals surface area contributed by atoms with Crippen LogP contribution in [-0.2, 0) is 10.8 Å². The Morgan fingerprint density at radius 3 is 0.923 bits per heavy atom. The fourth-order valence-electron chi connectivity index (χ4n) is 8.67. The molecule has 0 unspecified atom stereocenters. The van der Waals surface area contributed by atoms with Gasteiger partial charge in [-0.05, 0) is 90.0 Å². The highest BCUT2D eigenvalue weighted by Crippen LogP contribution is 2.49. The zero-order valence-corrected chi connectivity index (χ0v) is 30.9. The van der Waals surface area contributed by atoms with Gasteiger partial charge in [-0.25, -0.2) is 0 Å². The Morgan fingerprint density at radius 2 is 0.615 bits per heavy atom. The Bertz CT molecular complexity index is 2560. The number of benzene rings is 7. The van der Waals surface area contributed by atoms with Crippen LogP contribution >= 0.6 is 0 Å². The van der Waals surface area contributed by atoms with Gasteiger partial charge in [-0.15, -0.1) is 0 Å². The van der Waals surface area contributed by atoms with Crippen molar-refractivity contribution < 1.29 is 0 Å². The molecular formula is C50H44N2. The van der Waals surface area contributed by atoms with E-state index in [-0.39, 0.29) is 10.8 Å². The standard InChI is InChI=1S/C50H44N2/c1-49(2,3)45-35-27-39-42(52-47(33-23-15-9-16-24-33)43(39)31-19-11-7-12-20-31)30-38(35)46(50(4,5)6)36-28-40-41(29-37(36)45)51-48(34-25-17-10-18-26-34)44(40)32-21-13-8-14-22-32/h7-30,51-52H,1-6H3. The summed E-state index contributed by atoms with van der Waals surface area (Å²) in [4.78, 5) is 7.87. The van der Waals surface area contributed by atoms with Crippen molar-refractivity contribution in [2.24, 2.45) is 0 Å². The van der Waals surface area contributed by atoms with E-state index in [2.05, 4.69) is 197 Å². The summed E-state index contributed by atoms with van der Waals surface area (Å²) in [6.07, 6.45) is 0. The van der Waals surface area contributed by atoms with Gasteiger partial charge < -0.3 is 9.97 Å². The Balaban J connectivity index is 1.47. The van der Waals surface area contributed by atoms with Crippen molar-refractivity contribution in [1.82, 2.24) is 9.97 Å². The smallest absolute Gasteiger partial charge is 0.0544 e. The maximum absolute atomic E-state index is 3.93. The van der Waals surface area contributed by atoms with E-state index in [4.69, 9.17) is 0 Å². The first-order valence-corrected chi connectivity index (χ1v) is 18.5. The van der Waals surface area contributed by atoms with Crippen LogP contribution in [0.1, 0.15) is 52.7 Å². The quantitative estimate of drug-likeness (QED) is 0.174. The number of aromatic nitrogens is 2. The van der Waals surface area contributed by atoms with Crippen molar-refractivity contribution in [3.05, 3.63) is 157 Å². The lowest BCUT2D eigenvalue weighted by molar-refractivity contribution is 0.593. The minimum absolute atomic E-state index is 0.128. The van der Waals surface area contributed by atoms with Crippen LogP contribution in [0.5, 0.6) is 0 Å². The minimum atomic E-state index is -0.128. The summed E-state index contributed by atoms with van der Waals surface area (Å²) in [6, 6.07) is 53.2. The van der Waals surface area contributed by atoms with Gasteiger partial charge >= 0.3 is 0 Å². The highest BCUT2D eigenvalue weighted by Gasteiger charge is 2.30. The molecule has 2 aromatic heterocycles. The fraction of sp³-hybridized carbons (Fsp3) is 0.160. The molecule has 0 aliphatic rings. The number of hydrogen-bond donors (Lipinski definition) is 2. The van der Waals surface area contributed by atoms with Crippen molar-refractivity contribution in [2.75, 3.05) is 0 Å². The van der Waals surface area contributed by atoms with Crippen LogP contribution in [0, 0.1) is 0 Å². The Labute approximate surface area is 306 Å². The highest BCUT2D eigenvalue weighted by atomic mass is 14.7. The second kappa shape index (κ2) is 11.9. The number of hydrogen-bond acceptors (Lipinski definition) is 0. The zero-order chi connectivity index (χ0) is 35.8. The summed E-state index contributed by atoms with van der Waals surface area (Å²) in [7, 11) is 0. The van der Waals surface area contributed by atoms with Crippen LogP contribution in [0.2, 0.25) is 0 Å². The van der Waals surface area contributed by atoms with E-state index in [1.807, 2.05) is 0 Å². The molecule has 0 saturated carbocycles. The number of aromatic amines is 2. The maximum Gasteiger partial charge on any atom is 0.0544 e. The monoisotopic (exact) mass is 672 g/mol. The van der Waals surface area contributed by atoms with Gasteiger partial charge in [-0.1, -0.05) is 163 Å². The molecule has 0 atom stereocenters. The molecule has 52 heavy (non-hydrogen) atoms. The third kappa shape index (κ3) is 5.16. The average Bonchev–Trinajstić information content (AvgIpc) is 3.70. The number of nitrogens with one attached hydrogen (secondary N) is 2. The first-order chi connectivity index (χ1) is 25.1. The van der Waals surface area contributed by atoms with Gasteiger partial charge in [0, 0.05) is 32.9 Å². The number of fused-ring (bicyclic) bond motifs is 4. The normalized spacial score (nSPS) is 12.4. The molecule has 0 fully saturated rings. The van der Waals surface area contributed by atoms with Gasteiger partial charge in [0.1, 0.15) is 0 Å². The predicted molar refractivity (Wildman–Crippen MR) is 224 cm³/mol.